The van der Waals surface area contributed by atoms with Crippen LogP contribution >= 0.6 is 0 Å². The van der Waals surface area contributed by atoms with E-state index in [1.54, 1.807) is 30.3 Å². The predicted molar refractivity (Wildman–Crippen MR) is 102 cm³/mol. The lowest BCUT2D eigenvalue weighted by molar-refractivity contribution is -0.385. The number of halogens is 3. The molecule has 0 atom stereocenters. The van der Waals surface area contributed by atoms with E-state index in [1.165, 1.54) is 24.3 Å². The van der Waals surface area contributed by atoms with Crippen molar-refractivity contribution in [2.45, 2.75) is 6.18 Å². The molecule has 6 nitrogen and oxygen atoms in total. The van der Waals surface area contributed by atoms with Crippen LogP contribution in [0.25, 0.3) is 0 Å². The van der Waals surface area contributed by atoms with Gasteiger partial charge in [0.15, 0.2) is 5.78 Å². The number of nitrogens with zero attached hydrogens (tertiary/aromatic N) is 1. The fourth-order valence-corrected chi connectivity index (χ4v) is 2.74. The molecule has 30 heavy (non-hydrogen) atoms. The minimum absolute atomic E-state index is 0.163. The van der Waals surface area contributed by atoms with E-state index in [9.17, 15) is 32.9 Å². The van der Waals surface area contributed by atoms with Gasteiger partial charge in [-0.1, -0.05) is 42.5 Å². The SMILES string of the molecule is O=C(c1ccccc1)c1cccc(NC(=O)c2ccc(C(F)(F)F)cc2[N+](=O)[O-])c1. The Morgan fingerprint density at radius 2 is 1.53 bits per heavy atom. The minimum atomic E-state index is -4.79. The normalized spacial score (nSPS) is 11.0. The number of anilines is 1. The average molecular weight is 414 g/mol. The Morgan fingerprint density at radius 1 is 0.867 bits per heavy atom. The van der Waals surface area contributed by atoms with Gasteiger partial charge >= 0.3 is 6.18 Å². The molecule has 0 aliphatic heterocycles. The third kappa shape index (κ3) is 4.52. The van der Waals surface area contributed by atoms with Crippen LogP contribution in [0.3, 0.4) is 0 Å². The van der Waals surface area contributed by atoms with Crippen molar-refractivity contribution in [2.75, 3.05) is 5.32 Å². The molecule has 0 aliphatic rings. The molecular formula is C21H13F3N2O4. The Balaban J connectivity index is 1.88. The molecule has 0 radical (unpaired) electrons. The quantitative estimate of drug-likeness (QED) is 0.357. The lowest BCUT2D eigenvalue weighted by Crippen LogP contribution is -2.16. The first kappa shape index (κ1) is 20.7. The highest BCUT2D eigenvalue weighted by Crippen LogP contribution is 2.33. The van der Waals surface area contributed by atoms with E-state index < -0.39 is 33.8 Å². The minimum Gasteiger partial charge on any atom is -0.322 e. The highest BCUT2D eigenvalue weighted by Gasteiger charge is 2.34. The standard InChI is InChI=1S/C21H13F3N2O4/c22-21(23,24)15-9-10-17(18(12-15)26(29)30)20(28)25-16-8-4-7-14(11-16)19(27)13-5-2-1-3-6-13/h1-12H,(H,25,28). The van der Waals surface area contributed by atoms with Crippen molar-refractivity contribution in [1.29, 1.82) is 0 Å². The van der Waals surface area contributed by atoms with Gasteiger partial charge in [0.2, 0.25) is 0 Å². The highest BCUT2D eigenvalue weighted by molar-refractivity contribution is 6.11. The predicted octanol–water partition coefficient (Wildman–Crippen LogP) is 5.10. The number of hydrogen-bond donors (Lipinski definition) is 1. The van der Waals surface area contributed by atoms with E-state index in [4.69, 9.17) is 0 Å². The van der Waals surface area contributed by atoms with Crippen molar-refractivity contribution in [3.05, 3.63) is 105 Å². The Morgan fingerprint density at radius 3 is 2.17 bits per heavy atom. The van der Waals surface area contributed by atoms with Gasteiger partial charge in [-0.25, -0.2) is 0 Å². The van der Waals surface area contributed by atoms with Crippen LogP contribution in [0, 0.1) is 10.1 Å². The van der Waals surface area contributed by atoms with Gasteiger partial charge in [-0.2, -0.15) is 13.2 Å². The maximum absolute atomic E-state index is 12.8. The Labute approximate surface area is 168 Å². The van der Waals surface area contributed by atoms with E-state index >= 15 is 0 Å². The van der Waals surface area contributed by atoms with Crippen LogP contribution in [-0.4, -0.2) is 16.6 Å². The monoisotopic (exact) mass is 414 g/mol. The number of nitro groups is 1. The van der Waals surface area contributed by atoms with Crippen LogP contribution in [0.2, 0.25) is 0 Å². The van der Waals surface area contributed by atoms with Gasteiger partial charge in [-0.3, -0.25) is 19.7 Å². The number of carbonyl (C=O) groups excluding carboxylic acids is 2. The lowest BCUT2D eigenvalue weighted by atomic mass is 10.0. The molecule has 0 aromatic heterocycles. The second-order valence-electron chi connectivity index (χ2n) is 6.22. The molecule has 3 aromatic carbocycles. The van der Waals surface area contributed by atoms with Crippen molar-refractivity contribution >= 4 is 23.1 Å². The van der Waals surface area contributed by atoms with Gasteiger partial charge in [-0.15, -0.1) is 0 Å². The topological polar surface area (TPSA) is 89.3 Å². The zero-order chi connectivity index (χ0) is 21.9. The number of carbonyl (C=O) groups is 2. The lowest BCUT2D eigenvalue weighted by Gasteiger charge is -2.10. The molecule has 0 saturated carbocycles. The molecule has 3 aromatic rings. The molecule has 0 unspecified atom stereocenters. The van der Waals surface area contributed by atoms with Crippen LogP contribution in [0.1, 0.15) is 31.8 Å². The third-order valence-electron chi connectivity index (χ3n) is 4.18. The van der Waals surface area contributed by atoms with E-state index in [-0.39, 0.29) is 17.0 Å². The fourth-order valence-electron chi connectivity index (χ4n) is 2.74. The molecule has 0 bridgehead atoms. The number of nitrogens with one attached hydrogen (secondary N) is 1. The molecule has 1 N–H and O–H groups in total. The summed E-state index contributed by atoms with van der Waals surface area (Å²) in [6.45, 7) is 0. The first-order chi connectivity index (χ1) is 14.2. The first-order valence-corrected chi connectivity index (χ1v) is 8.53. The summed E-state index contributed by atoms with van der Waals surface area (Å²) in [6.07, 6.45) is -4.79. The third-order valence-corrected chi connectivity index (χ3v) is 4.18. The number of nitro benzene ring substituents is 1. The van der Waals surface area contributed by atoms with Gasteiger partial charge in [-0.05, 0) is 24.3 Å². The molecule has 0 fully saturated rings. The van der Waals surface area contributed by atoms with Crippen molar-refractivity contribution in [3.8, 4) is 0 Å². The number of rotatable bonds is 5. The smallest absolute Gasteiger partial charge is 0.322 e. The van der Waals surface area contributed by atoms with Crippen molar-refractivity contribution in [1.82, 2.24) is 0 Å². The van der Waals surface area contributed by atoms with Crippen LogP contribution in [0.5, 0.6) is 0 Å². The Bertz CT molecular complexity index is 1130. The van der Waals surface area contributed by atoms with Gasteiger partial charge in [0, 0.05) is 22.9 Å². The van der Waals surface area contributed by atoms with Gasteiger partial charge in [0.05, 0.1) is 10.5 Å². The number of ketones is 1. The summed E-state index contributed by atoms with van der Waals surface area (Å²) in [6, 6.07) is 15.9. The van der Waals surface area contributed by atoms with Gasteiger partial charge in [0.25, 0.3) is 11.6 Å². The molecular weight excluding hydrogens is 401 g/mol. The molecule has 0 spiro atoms. The maximum atomic E-state index is 12.8. The molecule has 0 aliphatic carbocycles. The highest BCUT2D eigenvalue weighted by atomic mass is 19.4. The summed E-state index contributed by atoms with van der Waals surface area (Å²) in [5.74, 6) is -1.27. The van der Waals surface area contributed by atoms with Crippen LogP contribution in [-0.2, 0) is 6.18 Å². The summed E-state index contributed by atoms with van der Waals surface area (Å²) >= 11 is 0. The molecule has 152 valence electrons. The van der Waals surface area contributed by atoms with E-state index in [2.05, 4.69) is 5.32 Å². The molecule has 0 saturated heterocycles. The molecule has 1 amide bonds. The summed E-state index contributed by atoms with van der Waals surface area (Å²) in [5.41, 5.74) is -1.89. The van der Waals surface area contributed by atoms with Crippen LogP contribution in [0.4, 0.5) is 24.5 Å². The maximum Gasteiger partial charge on any atom is 0.416 e. The summed E-state index contributed by atoms with van der Waals surface area (Å²) in [5, 5.41) is 13.6. The zero-order valence-corrected chi connectivity index (χ0v) is 15.1. The average Bonchev–Trinajstić information content (AvgIpc) is 2.73. The van der Waals surface area contributed by atoms with Gasteiger partial charge < -0.3 is 5.32 Å². The second kappa shape index (κ2) is 8.16. The van der Waals surface area contributed by atoms with Crippen LogP contribution in [0.15, 0.2) is 72.8 Å². The Kier molecular flexibility index (Phi) is 5.63. The van der Waals surface area contributed by atoms with Gasteiger partial charge in [0.1, 0.15) is 5.56 Å². The van der Waals surface area contributed by atoms with E-state index in [1.807, 2.05) is 0 Å². The Hall–Kier alpha value is -4.01. The number of hydrogen-bond acceptors (Lipinski definition) is 4. The number of amides is 1. The first-order valence-electron chi connectivity index (χ1n) is 8.53. The van der Waals surface area contributed by atoms with E-state index in [0.29, 0.717) is 17.7 Å². The molecule has 3 rings (SSSR count). The molecule has 0 heterocycles. The fraction of sp³-hybridized carbons (Fsp3) is 0.0476. The largest absolute Gasteiger partial charge is 0.416 e. The van der Waals surface area contributed by atoms with Crippen molar-refractivity contribution in [2.24, 2.45) is 0 Å². The summed E-state index contributed by atoms with van der Waals surface area (Å²) in [4.78, 5) is 35.1. The summed E-state index contributed by atoms with van der Waals surface area (Å²) < 4.78 is 38.4. The van der Waals surface area contributed by atoms with Crippen molar-refractivity contribution < 1.29 is 27.7 Å². The molecule has 9 heteroatoms. The second-order valence-corrected chi connectivity index (χ2v) is 6.22. The van der Waals surface area contributed by atoms with E-state index in [0.717, 1.165) is 6.07 Å². The number of benzene rings is 3. The zero-order valence-electron chi connectivity index (χ0n) is 15.1. The summed E-state index contributed by atoms with van der Waals surface area (Å²) in [7, 11) is 0. The van der Waals surface area contributed by atoms with Crippen molar-refractivity contribution in [3.63, 3.8) is 0 Å². The number of alkyl halides is 3. The van der Waals surface area contributed by atoms with Crippen LogP contribution < -0.4 is 5.32 Å².